The van der Waals surface area contributed by atoms with Crippen LogP contribution in [0.5, 0.6) is 6.01 Å². The Kier molecular flexibility index (Phi) is 5.63. The number of imidazole rings is 1. The fraction of sp³-hybridized carbons (Fsp3) is 0.474. The summed E-state index contributed by atoms with van der Waals surface area (Å²) < 4.78 is 7.88. The summed E-state index contributed by atoms with van der Waals surface area (Å²) in [6.45, 7) is 2.72. The number of nitrogens with one attached hydrogen (secondary N) is 1. The molecule has 0 bridgehead atoms. The smallest absolute Gasteiger partial charge is 0.299 e. The van der Waals surface area contributed by atoms with Gasteiger partial charge in [-0.3, -0.25) is 9.36 Å². The molecule has 0 spiro atoms. The first kappa shape index (κ1) is 17.8. The summed E-state index contributed by atoms with van der Waals surface area (Å²) in [6, 6.07) is 8.09. The summed E-state index contributed by atoms with van der Waals surface area (Å²) in [5.74, 6) is 1.10. The van der Waals surface area contributed by atoms with E-state index in [1.165, 1.54) is 25.7 Å². The zero-order valence-electron chi connectivity index (χ0n) is 14.7. The maximum Gasteiger partial charge on any atom is 0.299 e. The van der Waals surface area contributed by atoms with Crippen LogP contribution in [0.15, 0.2) is 24.3 Å². The van der Waals surface area contributed by atoms with E-state index in [9.17, 15) is 4.79 Å². The Balaban J connectivity index is 1.89. The van der Waals surface area contributed by atoms with E-state index in [1.807, 2.05) is 28.8 Å². The first-order valence-electron chi connectivity index (χ1n) is 8.75. The monoisotopic (exact) mass is 361 g/mol. The summed E-state index contributed by atoms with van der Waals surface area (Å²) in [7, 11) is 1.77. The molecular formula is C19H24ClN3O2. The topological polar surface area (TPSA) is 56.2 Å². The highest BCUT2D eigenvalue weighted by molar-refractivity contribution is 6.30. The molecular weight excluding hydrogens is 338 g/mol. The van der Waals surface area contributed by atoms with Crippen molar-refractivity contribution in [3.63, 3.8) is 0 Å². The van der Waals surface area contributed by atoms with Gasteiger partial charge in [0.25, 0.3) is 6.01 Å². The minimum Gasteiger partial charge on any atom is -0.464 e. The zero-order chi connectivity index (χ0) is 17.8. The van der Waals surface area contributed by atoms with Gasteiger partial charge in [-0.05, 0) is 36.5 Å². The standard InChI is InChI=1S/C19H24ClN3O2/c1-13(24)17-18(21-2)22-19(25-12-15-5-3-4-6-15)23(17)11-14-7-9-16(20)10-8-14/h7-10,15,21H,3-6,11-12H2,1-2H3. The molecule has 0 unspecified atom stereocenters. The third kappa shape index (κ3) is 4.15. The van der Waals surface area contributed by atoms with Gasteiger partial charge in [-0.25, -0.2) is 0 Å². The largest absolute Gasteiger partial charge is 0.464 e. The van der Waals surface area contributed by atoms with Gasteiger partial charge in [0, 0.05) is 19.0 Å². The third-order valence-corrected chi connectivity index (χ3v) is 4.93. The summed E-state index contributed by atoms with van der Waals surface area (Å²) >= 11 is 5.97. The second-order valence-electron chi connectivity index (χ2n) is 6.57. The SMILES string of the molecule is CNc1nc(OCC2CCCC2)n(Cc2ccc(Cl)cc2)c1C(C)=O. The maximum atomic E-state index is 12.2. The van der Waals surface area contributed by atoms with Crippen LogP contribution in [0, 0.1) is 5.92 Å². The normalized spacial score (nSPS) is 14.7. The van der Waals surface area contributed by atoms with Gasteiger partial charge in [-0.1, -0.05) is 36.6 Å². The van der Waals surface area contributed by atoms with E-state index >= 15 is 0 Å². The predicted molar refractivity (Wildman–Crippen MR) is 99.8 cm³/mol. The number of nitrogens with zero attached hydrogens (tertiary/aromatic N) is 2. The van der Waals surface area contributed by atoms with Gasteiger partial charge in [0.05, 0.1) is 13.2 Å². The molecule has 1 N–H and O–H groups in total. The number of benzene rings is 1. The van der Waals surface area contributed by atoms with Crippen LogP contribution in [-0.2, 0) is 6.54 Å². The molecule has 0 saturated heterocycles. The second kappa shape index (κ2) is 7.91. The number of halogens is 1. The molecule has 134 valence electrons. The lowest BCUT2D eigenvalue weighted by atomic mass is 10.1. The van der Waals surface area contributed by atoms with Gasteiger partial charge in [0.15, 0.2) is 11.6 Å². The van der Waals surface area contributed by atoms with Gasteiger partial charge in [-0.15, -0.1) is 0 Å². The molecule has 6 heteroatoms. The number of hydrogen-bond acceptors (Lipinski definition) is 4. The van der Waals surface area contributed by atoms with Crippen molar-refractivity contribution in [3.8, 4) is 6.01 Å². The molecule has 1 aliphatic rings. The van der Waals surface area contributed by atoms with Crippen molar-refractivity contribution in [2.75, 3.05) is 19.0 Å². The summed E-state index contributed by atoms with van der Waals surface area (Å²) in [5, 5.41) is 3.70. The number of hydrogen-bond donors (Lipinski definition) is 1. The molecule has 1 fully saturated rings. The van der Waals surface area contributed by atoms with E-state index in [2.05, 4.69) is 10.3 Å². The van der Waals surface area contributed by atoms with Crippen molar-refractivity contribution in [3.05, 3.63) is 40.5 Å². The van der Waals surface area contributed by atoms with Gasteiger partial charge < -0.3 is 10.1 Å². The van der Waals surface area contributed by atoms with Crippen LogP contribution in [-0.4, -0.2) is 29.0 Å². The highest BCUT2D eigenvalue weighted by atomic mass is 35.5. The minimum atomic E-state index is -0.0403. The molecule has 5 nitrogen and oxygen atoms in total. The zero-order valence-corrected chi connectivity index (χ0v) is 15.5. The first-order valence-corrected chi connectivity index (χ1v) is 9.12. The number of carbonyl (C=O) groups is 1. The Morgan fingerprint density at radius 2 is 2.00 bits per heavy atom. The van der Waals surface area contributed by atoms with Crippen molar-refractivity contribution < 1.29 is 9.53 Å². The molecule has 1 saturated carbocycles. The fourth-order valence-electron chi connectivity index (χ4n) is 3.36. The number of Topliss-reactive ketones (excluding diaryl/α,β-unsaturated/α-hetero) is 1. The Labute approximate surface area is 153 Å². The van der Waals surface area contributed by atoms with Crippen LogP contribution in [0.25, 0.3) is 0 Å². The summed E-state index contributed by atoms with van der Waals surface area (Å²) in [5.41, 5.74) is 1.58. The fourth-order valence-corrected chi connectivity index (χ4v) is 3.49. The number of ketones is 1. The molecule has 0 aliphatic heterocycles. The van der Waals surface area contributed by atoms with Gasteiger partial charge in [0.2, 0.25) is 0 Å². The van der Waals surface area contributed by atoms with Crippen molar-refractivity contribution in [2.45, 2.75) is 39.2 Å². The van der Waals surface area contributed by atoms with Gasteiger partial charge >= 0.3 is 0 Å². The van der Waals surface area contributed by atoms with Crippen LogP contribution in [0.2, 0.25) is 5.02 Å². The van der Waals surface area contributed by atoms with Crippen molar-refractivity contribution in [2.24, 2.45) is 5.92 Å². The molecule has 1 aromatic carbocycles. The van der Waals surface area contributed by atoms with E-state index in [1.54, 1.807) is 14.0 Å². The molecule has 3 rings (SSSR count). The summed E-state index contributed by atoms with van der Waals surface area (Å²) in [4.78, 5) is 16.7. The van der Waals surface area contributed by atoms with Crippen LogP contribution in [0.4, 0.5) is 5.82 Å². The average molecular weight is 362 g/mol. The predicted octanol–water partition coefficient (Wildman–Crippen LogP) is 4.40. The van der Waals surface area contributed by atoms with Crippen LogP contribution >= 0.6 is 11.6 Å². The van der Waals surface area contributed by atoms with Gasteiger partial charge in [0.1, 0.15) is 5.69 Å². The Morgan fingerprint density at radius 1 is 1.32 bits per heavy atom. The molecule has 2 aromatic rings. The number of carbonyl (C=O) groups excluding carboxylic acids is 1. The molecule has 1 aliphatic carbocycles. The lowest BCUT2D eigenvalue weighted by Gasteiger charge is -2.14. The molecule has 0 atom stereocenters. The molecule has 0 radical (unpaired) electrons. The highest BCUT2D eigenvalue weighted by Gasteiger charge is 2.23. The lowest BCUT2D eigenvalue weighted by molar-refractivity contribution is 0.100. The first-order chi connectivity index (χ1) is 12.1. The van der Waals surface area contributed by atoms with E-state index in [-0.39, 0.29) is 5.78 Å². The Bertz CT molecular complexity index is 734. The van der Waals surface area contributed by atoms with Crippen molar-refractivity contribution in [1.82, 2.24) is 9.55 Å². The number of anilines is 1. The molecule has 0 amide bonds. The molecule has 1 aromatic heterocycles. The number of ether oxygens (including phenoxy) is 1. The molecule has 1 heterocycles. The van der Waals surface area contributed by atoms with Gasteiger partial charge in [-0.2, -0.15) is 4.98 Å². The highest BCUT2D eigenvalue weighted by Crippen LogP contribution is 2.28. The van der Waals surface area contributed by atoms with E-state index in [4.69, 9.17) is 16.3 Å². The quantitative estimate of drug-likeness (QED) is 0.743. The van der Waals surface area contributed by atoms with E-state index in [0.29, 0.717) is 41.6 Å². The van der Waals surface area contributed by atoms with Crippen LogP contribution in [0.1, 0.15) is 48.7 Å². The average Bonchev–Trinajstić information content (AvgIpc) is 3.22. The van der Waals surface area contributed by atoms with Crippen LogP contribution in [0.3, 0.4) is 0 Å². The molecule has 25 heavy (non-hydrogen) atoms. The second-order valence-corrected chi connectivity index (χ2v) is 7.01. The lowest BCUT2D eigenvalue weighted by Crippen LogP contribution is -2.14. The van der Waals surface area contributed by atoms with E-state index in [0.717, 1.165) is 5.56 Å². The Hall–Kier alpha value is -2.01. The van der Waals surface area contributed by atoms with Crippen molar-refractivity contribution in [1.29, 1.82) is 0 Å². The van der Waals surface area contributed by atoms with E-state index < -0.39 is 0 Å². The number of aromatic nitrogens is 2. The third-order valence-electron chi connectivity index (χ3n) is 4.68. The van der Waals surface area contributed by atoms with Crippen molar-refractivity contribution >= 4 is 23.2 Å². The maximum absolute atomic E-state index is 12.2. The number of rotatable bonds is 7. The minimum absolute atomic E-state index is 0.0403. The Morgan fingerprint density at radius 3 is 2.60 bits per heavy atom. The summed E-state index contributed by atoms with van der Waals surface area (Å²) in [6.07, 6.45) is 4.95. The van der Waals surface area contributed by atoms with Crippen LogP contribution < -0.4 is 10.1 Å².